The second-order valence-electron chi connectivity index (χ2n) is 3.83. The van der Waals surface area contributed by atoms with Crippen molar-refractivity contribution in [3.8, 4) is 5.75 Å². The van der Waals surface area contributed by atoms with Gasteiger partial charge in [0.1, 0.15) is 11.9 Å². The summed E-state index contributed by atoms with van der Waals surface area (Å²) in [7, 11) is -1.15. The van der Waals surface area contributed by atoms with Gasteiger partial charge in [-0.15, -0.1) is 0 Å². The third-order valence-electron chi connectivity index (χ3n) is 2.64. The van der Waals surface area contributed by atoms with E-state index in [1.165, 1.54) is 0 Å². The Kier molecular flexibility index (Phi) is 3.89. The first-order chi connectivity index (χ1) is 8.52. The van der Waals surface area contributed by atoms with Crippen LogP contribution in [0.1, 0.15) is 18.6 Å². The summed E-state index contributed by atoms with van der Waals surface area (Å²) in [6.07, 6.45) is -0.741. The van der Waals surface area contributed by atoms with E-state index in [4.69, 9.17) is 9.39 Å². The van der Waals surface area contributed by atoms with Crippen LogP contribution >= 0.6 is 15.9 Å². The molecule has 1 aromatic carbocycles. The largest absolute Gasteiger partial charge is 0.494 e. The van der Waals surface area contributed by atoms with Gasteiger partial charge < -0.3 is 14.4 Å². The number of halogens is 1. The maximum absolute atomic E-state index is 10.6. The smallest absolute Gasteiger partial charge is 0.492 e. The Balaban J connectivity index is 2.38. The lowest BCUT2D eigenvalue weighted by Crippen LogP contribution is -2.28. The van der Waals surface area contributed by atoms with Crippen LogP contribution in [0.3, 0.4) is 0 Å². The molecular formula is C10H11BBrNO5. The van der Waals surface area contributed by atoms with E-state index in [0.717, 1.165) is 0 Å². The average Bonchev–Trinajstić information content (AvgIpc) is 2.55. The monoisotopic (exact) mass is 315 g/mol. The van der Waals surface area contributed by atoms with Crippen molar-refractivity contribution in [2.24, 2.45) is 0 Å². The highest BCUT2D eigenvalue weighted by Gasteiger charge is 2.39. The highest BCUT2D eigenvalue weighted by molar-refractivity contribution is 9.10. The molecular weight excluding hydrogens is 305 g/mol. The minimum atomic E-state index is -1.15. The molecule has 1 N–H and O–H groups in total. The van der Waals surface area contributed by atoms with Crippen molar-refractivity contribution in [1.29, 1.82) is 0 Å². The quantitative estimate of drug-likeness (QED) is 0.507. The average molecular weight is 316 g/mol. The lowest BCUT2D eigenvalue weighted by atomic mass is 9.79. The molecule has 0 aromatic heterocycles. The first-order valence-electron chi connectivity index (χ1n) is 5.44. The molecule has 1 unspecified atom stereocenters. The van der Waals surface area contributed by atoms with Crippen LogP contribution in [-0.4, -0.2) is 30.2 Å². The molecule has 0 radical (unpaired) electrons. The summed E-state index contributed by atoms with van der Waals surface area (Å²) in [5, 5.41) is 20.3. The topological polar surface area (TPSA) is 81.8 Å². The minimum Gasteiger partial charge on any atom is -0.494 e. The lowest BCUT2D eigenvalue weighted by molar-refractivity contribution is -0.490. The fourth-order valence-electron chi connectivity index (χ4n) is 1.97. The molecule has 0 amide bonds. The Morgan fingerprint density at radius 2 is 2.39 bits per heavy atom. The summed E-state index contributed by atoms with van der Waals surface area (Å²) in [6, 6.07) is 3.37. The second-order valence-corrected chi connectivity index (χ2v) is 4.69. The van der Waals surface area contributed by atoms with Gasteiger partial charge in [0.05, 0.1) is 6.61 Å². The Bertz CT molecular complexity index is 484. The van der Waals surface area contributed by atoms with Crippen LogP contribution in [0.15, 0.2) is 16.6 Å². The normalized spacial score (nSPS) is 17.7. The summed E-state index contributed by atoms with van der Waals surface area (Å²) >= 11 is 3.33. The van der Waals surface area contributed by atoms with Crippen LogP contribution in [0.2, 0.25) is 0 Å². The molecule has 1 atom stereocenters. The molecule has 0 bridgehead atoms. The molecule has 96 valence electrons. The van der Waals surface area contributed by atoms with E-state index in [1.54, 1.807) is 12.1 Å². The second kappa shape index (κ2) is 5.25. The Morgan fingerprint density at radius 3 is 3.00 bits per heavy atom. The van der Waals surface area contributed by atoms with Crippen LogP contribution in [-0.2, 0) is 4.65 Å². The zero-order chi connectivity index (χ0) is 13.3. The van der Waals surface area contributed by atoms with E-state index in [0.29, 0.717) is 27.9 Å². The molecule has 0 fully saturated rings. The van der Waals surface area contributed by atoms with Gasteiger partial charge in [0.15, 0.2) is 0 Å². The molecule has 1 heterocycles. The predicted octanol–water partition coefficient (Wildman–Crippen LogP) is 0.883. The highest BCUT2D eigenvalue weighted by Crippen LogP contribution is 2.33. The van der Waals surface area contributed by atoms with Gasteiger partial charge >= 0.3 is 7.12 Å². The number of hydrogen-bond donors (Lipinski definition) is 1. The number of fused-ring (bicyclic) bond motifs is 1. The molecule has 0 saturated heterocycles. The first-order valence-corrected chi connectivity index (χ1v) is 6.23. The van der Waals surface area contributed by atoms with Crippen LogP contribution in [0.25, 0.3) is 0 Å². The zero-order valence-corrected chi connectivity index (χ0v) is 11.2. The van der Waals surface area contributed by atoms with E-state index >= 15 is 0 Å². The predicted molar refractivity (Wildman–Crippen MR) is 68.6 cm³/mol. The number of nitro groups is 1. The molecule has 6 nitrogen and oxygen atoms in total. The standard InChI is InChI=1S/C10H11BBrNO5/c1-2-17-6-3-7-10(8(12)4-6)9(5-13(15)16)18-11(7)14/h3-4,9,14H,2,5H2,1H3. The summed E-state index contributed by atoms with van der Waals surface area (Å²) < 4.78 is 11.2. The van der Waals surface area contributed by atoms with Crippen molar-refractivity contribution in [3.05, 3.63) is 32.3 Å². The first kappa shape index (κ1) is 13.3. The Hall–Kier alpha value is -1.12. The Labute approximate surface area is 112 Å². The van der Waals surface area contributed by atoms with Gasteiger partial charge in [0.2, 0.25) is 6.54 Å². The van der Waals surface area contributed by atoms with Gasteiger partial charge in [-0.2, -0.15) is 0 Å². The van der Waals surface area contributed by atoms with Crippen molar-refractivity contribution >= 4 is 28.5 Å². The van der Waals surface area contributed by atoms with Crippen LogP contribution in [0, 0.1) is 10.1 Å². The highest BCUT2D eigenvalue weighted by atomic mass is 79.9. The maximum atomic E-state index is 10.6. The van der Waals surface area contributed by atoms with Gasteiger partial charge in [-0.1, -0.05) is 15.9 Å². The van der Waals surface area contributed by atoms with E-state index in [2.05, 4.69) is 15.9 Å². The SMILES string of the molecule is CCOc1cc(Br)c2c(c1)B(O)OC2C[N+](=O)[O-]. The van der Waals surface area contributed by atoms with Crippen molar-refractivity contribution in [3.63, 3.8) is 0 Å². The van der Waals surface area contributed by atoms with Gasteiger partial charge in [0.25, 0.3) is 0 Å². The van der Waals surface area contributed by atoms with Crippen molar-refractivity contribution in [2.45, 2.75) is 13.0 Å². The van der Waals surface area contributed by atoms with Gasteiger partial charge in [-0.3, -0.25) is 10.1 Å². The molecule has 1 aliphatic heterocycles. The molecule has 18 heavy (non-hydrogen) atoms. The number of hydrogen-bond acceptors (Lipinski definition) is 5. The van der Waals surface area contributed by atoms with Gasteiger partial charge in [-0.25, -0.2) is 0 Å². The molecule has 1 aliphatic rings. The maximum Gasteiger partial charge on any atom is 0.492 e. The minimum absolute atomic E-state index is 0.378. The van der Waals surface area contributed by atoms with E-state index in [-0.39, 0.29) is 6.54 Å². The fraction of sp³-hybridized carbons (Fsp3) is 0.400. The Morgan fingerprint density at radius 1 is 1.67 bits per heavy atom. The number of rotatable bonds is 4. The van der Waals surface area contributed by atoms with E-state index < -0.39 is 18.1 Å². The molecule has 0 aliphatic carbocycles. The van der Waals surface area contributed by atoms with Crippen LogP contribution in [0.5, 0.6) is 5.75 Å². The van der Waals surface area contributed by atoms with Crippen LogP contribution in [0.4, 0.5) is 0 Å². The summed E-state index contributed by atoms with van der Waals surface area (Å²) in [4.78, 5) is 10.1. The third kappa shape index (κ3) is 2.50. The summed E-state index contributed by atoms with van der Waals surface area (Å²) in [5.41, 5.74) is 1.13. The van der Waals surface area contributed by atoms with Gasteiger partial charge in [-0.05, 0) is 24.5 Å². The lowest BCUT2D eigenvalue weighted by Gasteiger charge is -2.10. The van der Waals surface area contributed by atoms with E-state index in [9.17, 15) is 15.1 Å². The van der Waals surface area contributed by atoms with Crippen LogP contribution < -0.4 is 10.2 Å². The number of ether oxygens (including phenoxy) is 1. The number of nitrogens with zero attached hydrogens (tertiary/aromatic N) is 1. The fourth-order valence-corrected chi connectivity index (χ4v) is 2.68. The molecule has 1 aromatic rings. The van der Waals surface area contributed by atoms with Crippen molar-refractivity contribution in [2.75, 3.05) is 13.2 Å². The summed E-state index contributed by atoms with van der Waals surface area (Å²) in [6.45, 7) is 1.97. The molecule has 0 spiro atoms. The van der Waals surface area contributed by atoms with Crippen molar-refractivity contribution in [1.82, 2.24) is 0 Å². The third-order valence-corrected chi connectivity index (χ3v) is 3.30. The van der Waals surface area contributed by atoms with E-state index in [1.807, 2.05) is 6.92 Å². The zero-order valence-electron chi connectivity index (χ0n) is 9.63. The van der Waals surface area contributed by atoms with Crippen molar-refractivity contribution < 1.29 is 19.3 Å². The summed E-state index contributed by atoms with van der Waals surface area (Å²) in [5.74, 6) is 0.590. The molecule has 0 saturated carbocycles. The molecule has 2 rings (SSSR count). The molecule has 8 heteroatoms. The number of benzene rings is 1. The van der Waals surface area contributed by atoms with Gasteiger partial charge in [0, 0.05) is 15.0 Å².